The molecule has 1 N–H and O–H groups in total. The maximum Gasteiger partial charge on any atom is 0.142 e. The van der Waals surface area contributed by atoms with Gasteiger partial charge in [0.2, 0.25) is 0 Å². The molecule has 0 saturated heterocycles. The molecular formula is C11H11FN2O. The second kappa shape index (κ2) is 5.70. The van der Waals surface area contributed by atoms with Crippen molar-refractivity contribution in [1.82, 2.24) is 10.3 Å². The van der Waals surface area contributed by atoms with Crippen LogP contribution in [0.2, 0.25) is 0 Å². The van der Waals surface area contributed by atoms with Crippen LogP contribution in [0.3, 0.4) is 0 Å². The lowest BCUT2D eigenvalue weighted by Gasteiger charge is -2.04. The molecule has 15 heavy (non-hydrogen) atoms. The number of carbonyl (C=O) groups excluding carboxylic acids is 1. The molecule has 0 aliphatic carbocycles. The first-order chi connectivity index (χ1) is 7.27. The van der Waals surface area contributed by atoms with Crippen molar-refractivity contribution in [3.8, 4) is 0 Å². The van der Waals surface area contributed by atoms with Crippen LogP contribution in [0.5, 0.6) is 0 Å². The van der Waals surface area contributed by atoms with Crippen molar-refractivity contribution < 1.29 is 9.18 Å². The Bertz CT molecular complexity index is 399. The van der Waals surface area contributed by atoms with Crippen LogP contribution >= 0.6 is 0 Å². The Kier molecular flexibility index (Phi) is 4.22. The van der Waals surface area contributed by atoms with Gasteiger partial charge in [-0.1, -0.05) is 6.08 Å². The number of carbonyl (C=O) groups is 1. The Hall–Kier alpha value is -1.97. The Morgan fingerprint density at radius 1 is 1.53 bits per heavy atom. The van der Waals surface area contributed by atoms with E-state index in [2.05, 4.69) is 10.3 Å². The van der Waals surface area contributed by atoms with Crippen LogP contribution in [0.25, 0.3) is 5.70 Å². The van der Waals surface area contributed by atoms with Gasteiger partial charge >= 0.3 is 0 Å². The number of aromatic nitrogens is 1. The Labute approximate surface area is 87.3 Å². The van der Waals surface area contributed by atoms with E-state index < -0.39 is 0 Å². The molecule has 3 nitrogen and oxygen atoms in total. The smallest absolute Gasteiger partial charge is 0.142 e. The molecule has 0 aliphatic heterocycles. The van der Waals surface area contributed by atoms with E-state index in [1.54, 1.807) is 19.2 Å². The molecule has 0 radical (unpaired) electrons. The number of rotatable bonds is 4. The summed E-state index contributed by atoms with van der Waals surface area (Å²) in [6.45, 7) is 0. The van der Waals surface area contributed by atoms with Gasteiger partial charge in [-0.25, -0.2) is 4.39 Å². The molecule has 0 bridgehead atoms. The van der Waals surface area contributed by atoms with E-state index in [1.807, 2.05) is 0 Å². The third kappa shape index (κ3) is 3.34. The fraction of sp³-hybridized carbons (Fsp3) is 0.0909. The van der Waals surface area contributed by atoms with Gasteiger partial charge in [0.1, 0.15) is 12.1 Å². The number of hydrogen-bond acceptors (Lipinski definition) is 3. The molecule has 0 fully saturated rings. The molecule has 0 amide bonds. The summed E-state index contributed by atoms with van der Waals surface area (Å²) < 4.78 is 12.9. The van der Waals surface area contributed by atoms with Crippen LogP contribution in [0.1, 0.15) is 5.69 Å². The lowest BCUT2D eigenvalue weighted by molar-refractivity contribution is -0.104. The summed E-state index contributed by atoms with van der Waals surface area (Å²) in [6.07, 6.45) is 6.61. The maximum absolute atomic E-state index is 12.9. The minimum Gasteiger partial charge on any atom is -0.386 e. The van der Waals surface area contributed by atoms with Gasteiger partial charge in [0.05, 0.1) is 11.4 Å². The number of hydrogen-bond donors (Lipinski definition) is 1. The molecule has 0 atom stereocenters. The normalized spacial score (nSPS) is 11.7. The summed E-state index contributed by atoms with van der Waals surface area (Å²) in [5.41, 5.74) is 1.14. The van der Waals surface area contributed by atoms with Crippen LogP contribution in [0, 0.1) is 5.82 Å². The zero-order valence-corrected chi connectivity index (χ0v) is 8.27. The fourth-order valence-corrected chi connectivity index (χ4v) is 1.05. The molecule has 78 valence electrons. The fourth-order valence-electron chi connectivity index (χ4n) is 1.05. The van der Waals surface area contributed by atoms with Crippen molar-refractivity contribution in [3.05, 3.63) is 48.1 Å². The van der Waals surface area contributed by atoms with E-state index in [0.29, 0.717) is 17.7 Å². The standard InChI is InChI=1S/C11H11FN2O/c1-13-10(4-2-3-7-15)11-8-9(12)5-6-14-11/h2-8,13H,1H3/b3-2-,10-4-. The average Bonchev–Trinajstić information content (AvgIpc) is 2.24. The highest BCUT2D eigenvalue weighted by atomic mass is 19.1. The molecule has 1 aromatic heterocycles. The number of nitrogens with zero attached hydrogens (tertiary/aromatic N) is 1. The van der Waals surface area contributed by atoms with Gasteiger partial charge in [-0.05, 0) is 18.2 Å². The summed E-state index contributed by atoms with van der Waals surface area (Å²) in [6, 6.07) is 2.59. The van der Waals surface area contributed by atoms with Crippen molar-refractivity contribution in [2.24, 2.45) is 0 Å². The topological polar surface area (TPSA) is 42.0 Å². The van der Waals surface area contributed by atoms with Gasteiger partial charge in [-0.3, -0.25) is 9.78 Å². The molecule has 0 unspecified atom stereocenters. The first-order valence-electron chi connectivity index (χ1n) is 4.39. The summed E-state index contributed by atoms with van der Waals surface area (Å²) in [4.78, 5) is 14.0. The minimum atomic E-state index is -0.347. The van der Waals surface area contributed by atoms with Crippen LogP contribution < -0.4 is 5.32 Å². The van der Waals surface area contributed by atoms with Crippen LogP contribution in [-0.4, -0.2) is 18.3 Å². The second-order valence-corrected chi connectivity index (χ2v) is 2.71. The van der Waals surface area contributed by atoms with E-state index in [9.17, 15) is 9.18 Å². The molecule has 0 saturated carbocycles. The quantitative estimate of drug-likeness (QED) is 0.461. The van der Waals surface area contributed by atoms with E-state index >= 15 is 0 Å². The second-order valence-electron chi connectivity index (χ2n) is 2.71. The van der Waals surface area contributed by atoms with Crippen molar-refractivity contribution >= 4 is 12.0 Å². The third-order valence-electron chi connectivity index (χ3n) is 1.72. The molecular weight excluding hydrogens is 195 g/mol. The van der Waals surface area contributed by atoms with Crippen molar-refractivity contribution in [3.63, 3.8) is 0 Å². The lowest BCUT2D eigenvalue weighted by atomic mass is 10.2. The van der Waals surface area contributed by atoms with Gasteiger partial charge in [0, 0.05) is 19.3 Å². The highest BCUT2D eigenvalue weighted by Crippen LogP contribution is 2.09. The van der Waals surface area contributed by atoms with Crippen LogP contribution in [-0.2, 0) is 4.79 Å². The zero-order chi connectivity index (χ0) is 11.1. The summed E-state index contributed by atoms with van der Waals surface area (Å²) in [5.74, 6) is -0.347. The third-order valence-corrected chi connectivity index (χ3v) is 1.72. The Morgan fingerprint density at radius 3 is 2.93 bits per heavy atom. The van der Waals surface area contributed by atoms with E-state index in [-0.39, 0.29) is 5.82 Å². The highest BCUT2D eigenvalue weighted by molar-refractivity contribution is 5.68. The number of allylic oxidation sites excluding steroid dienone is 3. The predicted octanol–water partition coefficient (Wildman–Crippen LogP) is 1.54. The largest absolute Gasteiger partial charge is 0.386 e. The number of pyridine rings is 1. The van der Waals surface area contributed by atoms with E-state index in [1.165, 1.54) is 24.4 Å². The Morgan fingerprint density at radius 2 is 2.33 bits per heavy atom. The molecule has 1 aromatic rings. The predicted molar refractivity (Wildman–Crippen MR) is 56.4 cm³/mol. The van der Waals surface area contributed by atoms with Crippen molar-refractivity contribution in [1.29, 1.82) is 0 Å². The molecule has 0 spiro atoms. The maximum atomic E-state index is 12.9. The number of aldehydes is 1. The van der Waals surface area contributed by atoms with Crippen molar-refractivity contribution in [2.75, 3.05) is 7.05 Å². The van der Waals surface area contributed by atoms with Gasteiger partial charge in [-0.15, -0.1) is 0 Å². The molecule has 0 aliphatic rings. The molecule has 1 heterocycles. The number of nitrogens with one attached hydrogen (secondary N) is 1. The number of halogens is 1. The van der Waals surface area contributed by atoms with Gasteiger partial charge in [0.25, 0.3) is 0 Å². The zero-order valence-electron chi connectivity index (χ0n) is 8.27. The first kappa shape index (κ1) is 11.1. The summed E-state index contributed by atoms with van der Waals surface area (Å²) in [7, 11) is 1.70. The van der Waals surface area contributed by atoms with E-state index in [4.69, 9.17) is 0 Å². The SMILES string of the molecule is CN/C(=C\C=C/C=O)c1cc(F)ccn1. The van der Waals surface area contributed by atoms with Gasteiger partial charge in [0.15, 0.2) is 0 Å². The van der Waals surface area contributed by atoms with Gasteiger partial charge in [-0.2, -0.15) is 0 Å². The first-order valence-corrected chi connectivity index (χ1v) is 4.39. The van der Waals surface area contributed by atoms with E-state index in [0.717, 1.165) is 0 Å². The minimum absolute atomic E-state index is 0.347. The molecule has 1 rings (SSSR count). The lowest BCUT2D eigenvalue weighted by Crippen LogP contribution is -2.06. The van der Waals surface area contributed by atoms with Gasteiger partial charge < -0.3 is 5.32 Å². The molecule has 4 heteroatoms. The van der Waals surface area contributed by atoms with Crippen molar-refractivity contribution in [2.45, 2.75) is 0 Å². The highest BCUT2D eigenvalue weighted by Gasteiger charge is 2.00. The summed E-state index contributed by atoms with van der Waals surface area (Å²) in [5, 5.41) is 2.87. The summed E-state index contributed by atoms with van der Waals surface area (Å²) >= 11 is 0. The average molecular weight is 206 g/mol. The Balaban J connectivity index is 2.96. The molecule has 0 aromatic carbocycles. The monoisotopic (exact) mass is 206 g/mol. The van der Waals surface area contributed by atoms with Crippen LogP contribution in [0.15, 0.2) is 36.6 Å². The van der Waals surface area contributed by atoms with Crippen LogP contribution in [0.4, 0.5) is 4.39 Å².